The van der Waals surface area contributed by atoms with Crippen LogP contribution in [-0.2, 0) is 17.6 Å². The zero-order valence-corrected chi connectivity index (χ0v) is 28.4. The number of carbonyl (C=O) groups is 1. The molecule has 51 heavy (non-hydrogen) atoms. The quantitative estimate of drug-likeness (QED) is 0.0628. The molecule has 0 bridgehead atoms. The van der Waals surface area contributed by atoms with Gasteiger partial charge in [-0.25, -0.2) is 9.18 Å². The first-order chi connectivity index (χ1) is 24.5. The molecular weight excluding hydrogens is 662 g/mol. The van der Waals surface area contributed by atoms with E-state index in [0.29, 0.717) is 31.4 Å². The van der Waals surface area contributed by atoms with Crippen molar-refractivity contribution in [2.45, 2.75) is 51.4 Å². The molecule has 7 nitrogen and oxygen atoms in total. The lowest BCUT2D eigenvalue weighted by Crippen LogP contribution is -2.39. The summed E-state index contributed by atoms with van der Waals surface area (Å²) in [6.45, 7) is 3.63. The number of rotatable bonds is 16. The number of aryl methyl sites for hydroxylation is 1. The highest BCUT2D eigenvalue weighted by atomic mass is 19.4. The van der Waals surface area contributed by atoms with Crippen LogP contribution in [0, 0.1) is 17.1 Å². The van der Waals surface area contributed by atoms with Gasteiger partial charge in [0.15, 0.2) is 18.1 Å². The summed E-state index contributed by atoms with van der Waals surface area (Å²) in [5.41, 5.74) is 4.59. The fourth-order valence-electron chi connectivity index (χ4n) is 6.14. The minimum absolute atomic E-state index is 0.0243. The standard InChI is InChI=1S/C40H39F4N3O4/c1-27(47(28(2)30-9-4-3-5-10-30)18-20-49-36-12-6-7-13-37(36)51-26-40(42,43)44)21-29-22-33(24-45)38-35(23-29)32(25-46-38)11-8-19-50-39(48)31-14-16-34(41)17-15-31/h3-7,9-10,12-17,22-23,25,27-28,46H,8,11,18-21,26H2,1-2H3/t27-,28-/m1/s1. The third-order valence-corrected chi connectivity index (χ3v) is 8.68. The molecule has 0 unspecified atom stereocenters. The van der Waals surface area contributed by atoms with Gasteiger partial charge in [-0.15, -0.1) is 0 Å². The molecule has 0 aliphatic carbocycles. The highest BCUT2D eigenvalue weighted by molar-refractivity contribution is 5.89. The number of H-pyrrole nitrogens is 1. The van der Waals surface area contributed by atoms with Crippen LogP contribution in [0.3, 0.4) is 0 Å². The van der Waals surface area contributed by atoms with Crippen molar-refractivity contribution in [2.24, 2.45) is 0 Å². The van der Waals surface area contributed by atoms with Crippen LogP contribution >= 0.6 is 0 Å². The molecule has 1 N–H and O–H groups in total. The Morgan fingerprint density at radius 2 is 1.61 bits per heavy atom. The molecule has 0 aliphatic heterocycles. The number of nitrogens with one attached hydrogen (secondary N) is 1. The first-order valence-corrected chi connectivity index (χ1v) is 16.7. The molecule has 4 aromatic carbocycles. The van der Waals surface area contributed by atoms with Gasteiger partial charge in [0, 0.05) is 30.2 Å². The van der Waals surface area contributed by atoms with E-state index in [-0.39, 0.29) is 42.4 Å². The van der Waals surface area contributed by atoms with Crippen molar-refractivity contribution >= 4 is 16.9 Å². The molecule has 0 spiro atoms. The Balaban J connectivity index is 1.28. The maximum Gasteiger partial charge on any atom is 0.422 e. The number of para-hydroxylation sites is 2. The van der Waals surface area contributed by atoms with E-state index < -0.39 is 24.6 Å². The number of nitriles is 1. The molecule has 1 aromatic heterocycles. The number of aromatic nitrogens is 1. The number of hydrogen-bond acceptors (Lipinski definition) is 6. The normalized spacial score (nSPS) is 12.7. The van der Waals surface area contributed by atoms with Crippen LogP contribution in [0.5, 0.6) is 11.5 Å². The van der Waals surface area contributed by atoms with Gasteiger partial charge in [0.2, 0.25) is 0 Å². The molecule has 0 saturated heterocycles. The van der Waals surface area contributed by atoms with Crippen molar-refractivity contribution in [3.05, 3.63) is 131 Å². The number of halogens is 4. The van der Waals surface area contributed by atoms with Gasteiger partial charge < -0.3 is 19.2 Å². The Hall–Kier alpha value is -5.34. The molecule has 0 amide bonds. The number of fused-ring (bicyclic) bond motifs is 1. The minimum Gasteiger partial charge on any atom is -0.488 e. The second-order valence-electron chi connectivity index (χ2n) is 12.3. The first kappa shape index (κ1) is 36.9. The van der Waals surface area contributed by atoms with Gasteiger partial charge in [-0.05, 0) is 98.3 Å². The lowest BCUT2D eigenvalue weighted by atomic mass is 9.97. The first-order valence-electron chi connectivity index (χ1n) is 16.7. The number of carbonyl (C=O) groups excluding carboxylic acids is 1. The number of benzene rings is 4. The summed E-state index contributed by atoms with van der Waals surface area (Å²) >= 11 is 0. The van der Waals surface area contributed by atoms with Crippen molar-refractivity contribution in [3.8, 4) is 17.6 Å². The highest BCUT2D eigenvalue weighted by Crippen LogP contribution is 2.31. The van der Waals surface area contributed by atoms with Crippen LogP contribution < -0.4 is 9.47 Å². The molecule has 1 heterocycles. The number of ether oxygens (including phenoxy) is 3. The van der Waals surface area contributed by atoms with E-state index in [2.05, 4.69) is 35.9 Å². The molecule has 0 radical (unpaired) electrons. The Morgan fingerprint density at radius 1 is 0.922 bits per heavy atom. The predicted octanol–water partition coefficient (Wildman–Crippen LogP) is 8.98. The second-order valence-corrected chi connectivity index (χ2v) is 12.3. The second kappa shape index (κ2) is 17.1. The summed E-state index contributed by atoms with van der Waals surface area (Å²) in [5, 5.41) is 10.9. The SMILES string of the molecule is C[C@H](Cc1cc(C#N)c2[nH]cc(CCCOC(=O)c3ccc(F)cc3)c2c1)N(CCOc1ccccc1OCC(F)(F)F)[C@H](C)c1ccccc1. The van der Waals surface area contributed by atoms with Crippen molar-refractivity contribution in [3.63, 3.8) is 0 Å². The van der Waals surface area contributed by atoms with Gasteiger partial charge in [-0.2, -0.15) is 18.4 Å². The molecule has 5 aromatic rings. The zero-order valence-electron chi connectivity index (χ0n) is 28.4. The van der Waals surface area contributed by atoms with Crippen molar-refractivity contribution in [1.82, 2.24) is 9.88 Å². The molecular formula is C40H39F4N3O4. The van der Waals surface area contributed by atoms with Crippen LogP contribution in [-0.4, -0.2) is 54.4 Å². The maximum absolute atomic E-state index is 13.2. The lowest BCUT2D eigenvalue weighted by Gasteiger charge is -2.35. The summed E-state index contributed by atoms with van der Waals surface area (Å²) < 4.78 is 68.0. The number of esters is 1. The van der Waals surface area contributed by atoms with Crippen LogP contribution in [0.2, 0.25) is 0 Å². The number of alkyl halides is 3. The van der Waals surface area contributed by atoms with E-state index in [1.54, 1.807) is 18.2 Å². The van der Waals surface area contributed by atoms with Gasteiger partial charge in [0.05, 0.1) is 23.3 Å². The topological polar surface area (TPSA) is 87.6 Å². The molecule has 0 fully saturated rings. The Morgan fingerprint density at radius 3 is 2.29 bits per heavy atom. The van der Waals surface area contributed by atoms with Gasteiger partial charge in [0.25, 0.3) is 0 Å². The number of aromatic amines is 1. The maximum atomic E-state index is 13.2. The Labute approximate surface area is 294 Å². The van der Waals surface area contributed by atoms with Gasteiger partial charge in [-0.1, -0.05) is 42.5 Å². The smallest absolute Gasteiger partial charge is 0.422 e. The van der Waals surface area contributed by atoms with Crippen molar-refractivity contribution < 1.29 is 36.6 Å². The Bertz CT molecular complexity index is 1940. The number of nitrogens with zero attached hydrogens (tertiary/aromatic N) is 2. The molecule has 0 saturated carbocycles. The van der Waals surface area contributed by atoms with Crippen molar-refractivity contribution in [1.29, 1.82) is 5.26 Å². The largest absolute Gasteiger partial charge is 0.488 e. The minimum atomic E-state index is -4.47. The van der Waals surface area contributed by atoms with Crippen LogP contribution in [0.4, 0.5) is 17.6 Å². The van der Waals surface area contributed by atoms with E-state index in [4.69, 9.17) is 14.2 Å². The average Bonchev–Trinajstić information content (AvgIpc) is 3.53. The van der Waals surface area contributed by atoms with Gasteiger partial charge in [0.1, 0.15) is 18.5 Å². The molecule has 5 rings (SSSR count). The van der Waals surface area contributed by atoms with E-state index in [9.17, 15) is 27.6 Å². The fraction of sp³-hybridized carbons (Fsp3) is 0.300. The summed E-state index contributed by atoms with van der Waals surface area (Å²) in [4.78, 5) is 17.8. The Kier molecular flexibility index (Phi) is 12.3. The monoisotopic (exact) mass is 701 g/mol. The third-order valence-electron chi connectivity index (χ3n) is 8.68. The van der Waals surface area contributed by atoms with Gasteiger partial charge in [-0.3, -0.25) is 4.90 Å². The van der Waals surface area contributed by atoms with Crippen LogP contribution in [0.1, 0.15) is 58.9 Å². The van der Waals surface area contributed by atoms with Crippen molar-refractivity contribution in [2.75, 3.05) is 26.4 Å². The summed E-state index contributed by atoms with van der Waals surface area (Å²) in [6.07, 6.45) is -0.843. The van der Waals surface area contributed by atoms with E-state index in [0.717, 1.165) is 27.6 Å². The van der Waals surface area contributed by atoms with Gasteiger partial charge >= 0.3 is 12.1 Å². The summed E-state index contributed by atoms with van der Waals surface area (Å²) in [7, 11) is 0. The molecule has 266 valence electrons. The highest BCUT2D eigenvalue weighted by Gasteiger charge is 2.29. The average molecular weight is 702 g/mol. The summed E-state index contributed by atoms with van der Waals surface area (Å²) in [5.74, 6) is -0.690. The predicted molar refractivity (Wildman–Crippen MR) is 186 cm³/mol. The molecule has 11 heteroatoms. The zero-order chi connectivity index (χ0) is 36.4. The van der Waals surface area contributed by atoms with Crippen LogP contribution in [0.15, 0.2) is 97.2 Å². The van der Waals surface area contributed by atoms with Crippen LogP contribution in [0.25, 0.3) is 10.9 Å². The molecule has 2 atom stereocenters. The van der Waals surface area contributed by atoms with E-state index >= 15 is 0 Å². The van der Waals surface area contributed by atoms with E-state index in [1.165, 1.54) is 30.3 Å². The van der Waals surface area contributed by atoms with E-state index in [1.807, 2.05) is 42.6 Å². The molecule has 0 aliphatic rings. The number of hydrogen-bond donors (Lipinski definition) is 1. The fourth-order valence-corrected chi connectivity index (χ4v) is 6.14. The third kappa shape index (κ3) is 10.1. The lowest BCUT2D eigenvalue weighted by molar-refractivity contribution is -0.153. The summed E-state index contributed by atoms with van der Waals surface area (Å²) in [6, 6.07) is 27.7.